The molecule has 2 aromatic rings. The van der Waals surface area contributed by atoms with Gasteiger partial charge >= 0.3 is 5.97 Å². The number of nitro groups is 1. The van der Waals surface area contributed by atoms with Crippen molar-refractivity contribution in [2.24, 2.45) is 5.92 Å². The van der Waals surface area contributed by atoms with Gasteiger partial charge in [-0.05, 0) is 35.6 Å². The first-order valence-corrected chi connectivity index (χ1v) is 8.99. The number of carbonyl (C=O) groups is 1. The van der Waals surface area contributed by atoms with Crippen LogP contribution in [0.2, 0.25) is 0 Å². The van der Waals surface area contributed by atoms with Crippen molar-refractivity contribution in [1.82, 2.24) is 0 Å². The van der Waals surface area contributed by atoms with Crippen molar-refractivity contribution in [3.05, 3.63) is 79.8 Å². The van der Waals surface area contributed by atoms with E-state index < -0.39 is 10.9 Å². The lowest BCUT2D eigenvalue weighted by Gasteiger charge is -2.38. The van der Waals surface area contributed by atoms with Crippen LogP contribution in [0.1, 0.15) is 39.9 Å². The first kappa shape index (κ1) is 16.8. The average molecular weight is 415 g/mol. The number of allylic oxidation sites excluding steroid dienone is 2. The van der Waals surface area contributed by atoms with Gasteiger partial charge in [-0.25, -0.2) is 4.79 Å². The van der Waals surface area contributed by atoms with Gasteiger partial charge in [0, 0.05) is 22.5 Å². The molecular formula is C19H15BrN2O4. The van der Waals surface area contributed by atoms with Crippen LogP contribution in [-0.2, 0) is 0 Å². The van der Waals surface area contributed by atoms with Crippen LogP contribution < -0.4 is 5.32 Å². The second-order valence-corrected chi connectivity index (χ2v) is 7.47. The molecule has 0 bridgehead atoms. The van der Waals surface area contributed by atoms with Crippen LogP contribution in [0.4, 0.5) is 11.4 Å². The molecule has 0 amide bonds. The number of hydrogen-bond donors (Lipinski definition) is 2. The minimum atomic E-state index is -1.01. The Kier molecular flexibility index (Phi) is 4.03. The summed E-state index contributed by atoms with van der Waals surface area (Å²) in [7, 11) is 0. The summed E-state index contributed by atoms with van der Waals surface area (Å²) >= 11 is 3.40. The fourth-order valence-corrected chi connectivity index (χ4v) is 4.47. The van der Waals surface area contributed by atoms with Gasteiger partial charge in [-0.15, -0.1) is 0 Å². The molecule has 6 nitrogen and oxygen atoms in total. The SMILES string of the molecule is O=C(O)c1cc(Br)cc2c1N[C@H](c1cccc([N+](=O)[O-])c1)[C@H]1CC=C[C@H]21. The maximum atomic E-state index is 11.7. The van der Waals surface area contributed by atoms with E-state index in [9.17, 15) is 20.0 Å². The maximum absolute atomic E-state index is 11.7. The molecule has 0 fully saturated rings. The lowest BCUT2D eigenvalue weighted by molar-refractivity contribution is -0.384. The van der Waals surface area contributed by atoms with E-state index >= 15 is 0 Å². The quantitative estimate of drug-likeness (QED) is 0.424. The number of halogens is 1. The van der Waals surface area contributed by atoms with E-state index in [1.165, 1.54) is 6.07 Å². The number of aromatic carboxylic acids is 1. The van der Waals surface area contributed by atoms with Crippen LogP contribution >= 0.6 is 15.9 Å². The van der Waals surface area contributed by atoms with Gasteiger partial charge in [0.2, 0.25) is 0 Å². The molecule has 2 N–H and O–H groups in total. The molecule has 1 heterocycles. The Balaban J connectivity index is 1.85. The maximum Gasteiger partial charge on any atom is 0.337 e. The normalized spacial score (nSPS) is 23.0. The highest BCUT2D eigenvalue weighted by Crippen LogP contribution is 2.51. The summed E-state index contributed by atoms with van der Waals surface area (Å²) in [6, 6.07) is 9.89. The Bertz CT molecular complexity index is 957. The zero-order valence-corrected chi connectivity index (χ0v) is 15.1. The number of nitrogens with zero attached hydrogens (tertiary/aromatic N) is 1. The van der Waals surface area contributed by atoms with Crippen LogP contribution in [0.15, 0.2) is 53.0 Å². The summed E-state index contributed by atoms with van der Waals surface area (Å²) in [6.45, 7) is 0. The minimum Gasteiger partial charge on any atom is -0.478 e. The highest BCUT2D eigenvalue weighted by molar-refractivity contribution is 9.10. The third kappa shape index (κ3) is 2.68. The van der Waals surface area contributed by atoms with E-state index in [0.29, 0.717) is 5.69 Å². The third-order valence-electron chi connectivity index (χ3n) is 5.10. The summed E-state index contributed by atoms with van der Waals surface area (Å²) in [5, 5.41) is 24.1. The number of carboxylic acids is 1. The molecule has 0 saturated heterocycles. The van der Waals surface area contributed by atoms with Gasteiger partial charge < -0.3 is 10.4 Å². The van der Waals surface area contributed by atoms with E-state index in [0.717, 1.165) is 22.0 Å². The van der Waals surface area contributed by atoms with Gasteiger partial charge in [0.1, 0.15) is 0 Å². The van der Waals surface area contributed by atoms with E-state index in [2.05, 4.69) is 33.4 Å². The molecule has 0 spiro atoms. The van der Waals surface area contributed by atoms with Gasteiger partial charge in [-0.2, -0.15) is 0 Å². The molecule has 1 aliphatic carbocycles. The molecule has 132 valence electrons. The number of hydrogen-bond acceptors (Lipinski definition) is 4. The highest BCUT2D eigenvalue weighted by Gasteiger charge is 2.40. The topological polar surface area (TPSA) is 92.5 Å². The lowest BCUT2D eigenvalue weighted by atomic mass is 9.76. The largest absolute Gasteiger partial charge is 0.478 e. The Labute approximate surface area is 157 Å². The number of nitro benzene ring substituents is 1. The van der Waals surface area contributed by atoms with Crippen molar-refractivity contribution in [3.63, 3.8) is 0 Å². The highest BCUT2D eigenvalue weighted by atomic mass is 79.9. The summed E-state index contributed by atoms with van der Waals surface area (Å²) < 4.78 is 0.725. The number of rotatable bonds is 3. The average Bonchev–Trinajstić information content (AvgIpc) is 3.10. The predicted molar refractivity (Wildman–Crippen MR) is 101 cm³/mol. The molecule has 3 atom stereocenters. The smallest absolute Gasteiger partial charge is 0.337 e. The van der Waals surface area contributed by atoms with Crippen molar-refractivity contribution >= 4 is 33.3 Å². The van der Waals surface area contributed by atoms with Gasteiger partial charge in [0.05, 0.1) is 22.2 Å². The molecule has 0 saturated carbocycles. The molecule has 26 heavy (non-hydrogen) atoms. The van der Waals surface area contributed by atoms with Gasteiger partial charge in [-0.1, -0.05) is 40.2 Å². The van der Waals surface area contributed by atoms with Crippen molar-refractivity contribution in [1.29, 1.82) is 0 Å². The molecule has 0 radical (unpaired) electrons. The predicted octanol–water partition coefficient (Wildman–Crippen LogP) is 4.88. The van der Waals surface area contributed by atoms with Crippen molar-refractivity contribution in [3.8, 4) is 0 Å². The van der Waals surface area contributed by atoms with E-state index in [4.69, 9.17) is 0 Å². The molecule has 0 unspecified atom stereocenters. The van der Waals surface area contributed by atoms with Crippen molar-refractivity contribution < 1.29 is 14.8 Å². The summed E-state index contributed by atoms with van der Waals surface area (Å²) in [4.78, 5) is 22.5. The zero-order chi connectivity index (χ0) is 18.4. The van der Waals surface area contributed by atoms with Gasteiger partial charge in [0.25, 0.3) is 5.69 Å². The Morgan fingerprint density at radius 2 is 2.12 bits per heavy atom. The van der Waals surface area contributed by atoms with Crippen LogP contribution in [0, 0.1) is 16.0 Å². The standard InChI is InChI=1S/C19H15BrN2O4/c20-11-8-15-13-5-2-6-14(13)17(21-18(15)16(9-11)19(23)24)10-3-1-4-12(7-10)22(25)26/h1-5,7-9,13-14,17,21H,6H2,(H,23,24)/t13-,14-,17+/m0/s1. The molecule has 7 heteroatoms. The van der Waals surface area contributed by atoms with E-state index in [1.54, 1.807) is 18.2 Å². The molecule has 2 aliphatic rings. The fourth-order valence-electron chi connectivity index (χ4n) is 3.99. The third-order valence-corrected chi connectivity index (χ3v) is 5.56. The first-order chi connectivity index (χ1) is 12.5. The van der Waals surface area contributed by atoms with E-state index in [-0.39, 0.29) is 29.1 Å². The number of non-ortho nitro benzene ring substituents is 1. The van der Waals surface area contributed by atoms with Gasteiger partial charge in [-0.3, -0.25) is 10.1 Å². The Morgan fingerprint density at radius 1 is 1.31 bits per heavy atom. The molecular weight excluding hydrogens is 400 g/mol. The van der Waals surface area contributed by atoms with E-state index in [1.807, 2.05) is 12.1 Å². The van der Waals surface area contributed by atoms with Crippen molar-refractivity contribution in [2.75, 3.05) is 5.32 Å². The number of anilines is 1. The van der Waals surface area contributed by atoms with Crippen LogP contribution in [-0.4, -0.2) is 16.0 Å². The van der Waals surface area contributed by atoms with Crippen LogP contribution in [0.3, 0.4) is 0 Å². The first-order valence-electron chi connectivity index (χ1n) is 8.20. The second kappa shape index (κ2) is 6.25. The van der Waals surface area contributed by atoms with Crippen LogP contribution in [0.25, 0.3) is 0 Å². The molecule has 0 aromatic heterocycles. The molecule has 4 rings (SSSR count). The lowest BCUT2D eigenvalue weighted by Crippen LogP contribution is -2.30. The fraction of sp³-hybridized carbons (Fsp3) is 0.211. The number of nitrogens with one attached hydrogen (secondary N) is 1. The van der Waals surface area contributed by atoms with Crippen molar-refractivity contribution in [2.45, 2.75) is 18.4 Å². The van der Waals surface area contributed by atoms with Crippen LogP contribution in [0.5, 0.6) is 0 Å². The van der Waals surface area contributed by atoms with Gasteiger partial charge in [0.15, 0.2) is 0 Å². The second-order valence-electron chi connectivity index (χ2n) is 6.55. The summed E-state index contributed by atoms with van der Waals surface area (Å²) in [6.07, 6.45) is 5.03. The number of fused-ring (bicyclic) bond motifs is 3. The zero-order valence-electron chi connectivity index (χ0n) is 13.6. The monoisotopic (exact) mass is 414 g/mol. The number of benzene rings is 2. The summed E-state index contributed by atoms with van der Waals surface area (Å²) in [5.74, 6) is -0.750. The number of carboxylic acid groups (broad SMARTS) is 1. The minimum absolute atomic E-state index is 0.0341. The molecule has 1 aliphatic heterocycles. The summed E-state index contributed by atoms with van der Waals surface area (Å²) in [5.41, 5.74) is 2.56. The Hall–Kier alpha value is -2.67. The Morgan fingerprint density at radius 3 is 2.85 bits per heavy atom. The molecule has 2 aromatic carbocycles.